The van der Waals surface area contributed by atoms with Crippen LogP contribution in [0.15, 0.2) is 18.6 Å². The van der Waals surface area contributed by atoms with Gasteiger partial charge in [-0.15, -0.1) is 0 Å². The number of piperidine rings is 1. The van der Waals surface area contributed by atoms with Gasteiger partial charge in [0.05, 0.1) is 0 Å². The molecule has 1 saturated heterocycles. The van der Waals surface area contributed by atoms with Crippen molar-refractivity contribution in [3.05, 3.63) is 18.6 Å². The second-order valence-corrected chi connectivity index (χ2v) is 4.70. The molecule has 1 N–H and O–H groups in total. The van der Waals surface area contributed by atoms with Gasteiger partial charge in [0.25, 0.3) is 0 Å². The van der Waals surface area contributed by atoms with E-state index in [0.29, 0.717) is 0 Å². The molecule has 4 nitrogen and oxygen atoms in total. The number of aromatic nitrogens is 2. The van der Waals surface area contributed by atoms with Crippen LogP contribution in [-0.4, -0.2) is 36.1 Å². The number of nitrogens with one attached hydrogen (secondary N) is 1. The molecule has 0 radical (unpaired) electrons. The first-order chi connectivity index (χ1) is 8.40. The maximum Gasteiger partial charge on any atom is 0.131 e. The summed E-state index contributed by atoms with van der Waals surface area (Å²) < 4.78 is 0. The molecule has 17 heavy (non-hydrogen) atoms. The summed E-state index contributed by atoms with van der Waals surface area (Å²) in [5.74, 6) is 1.90. The van der Waals surface area contributed by atoms with Crippen molar-refractivity contribution in [1.82, 2.24) is 15.3 Å². The van der Waals surface area contributed by atoms with Crippen molar-refractivity contribution in [3.63, 3.8) is 0 Å². The Morgan fingerprint density at radius 3 is 2.88 bits per heavy atom. The Kier molecular flexibility index (Phi) is 4.74. The van der Waals surface area contributed by atoms with Gasteiger partial charge in [-0.1, -0.05) is 6.92 Å². The van der Waals surface area contributed by atoms with Gasteiger partial charge in [-0.25, -0.2) is 9.97 Å². The first-order valence-electron chi connectivity index (χ1n) is 6.62. The molecule has 1 fully saturated rings. The van der Waals surface area contributed by atoms with E-state index in [1.54, 1.807) is 6.33 Å². The summed E-state index contributed by atoms with van der Waals surface area (Å²) in [6.45, 7) is 6.77. The van der Waals surface area contributed by atoms with Crippen molar-refractivity contribution in [1.29, 1.82) is 0 Å². The predicted octanol–water partition coefficient (Wildman–Crippen LogP) is 1.69. The molecule has 1 aliphatic heterocycles. The summed E-state index contributed by atoms with van der Waals surface area (Å²) in [6, 6.07) is 2.00. The molecule has 0 atom stereocenters. The molecule has 2 rings (SSSR count). The van der Waals surface area contributed by atoms with Crippen molar-refractivity contribution in [3.8, 4) is 0 Å². The fourth-order valence-electron chi connectivity index (χ4n) is 2.32. The molecule has 1 aliphatic rings. The van der Waals surface area contributed by atoms with Crippen LogP contribution in [0.4, 0.5) is 5.82 Å². The first-order valence-corrected chi connectivity index (χ1v) is 6.62. The van der Waals surface area contributed by atoms with E-state index >= 15 is 0 Å². The normalized spacial score (nSPS) is 17.4. The topological polar surface area (TPSA) is 41.0 Å². The van der Waals surface area contributed by atoms with Crippen molar-refractivity contribution in [2.45, 2.75) is 26.2 Å². The summed E-state index contributed by atoms with van der Waals surface area (Å²) in [5, 5.41) is 3.52. The highest BCUT2D eigenvalue weighted by molar-refractivity contribution is 5.36. The Hall–Kier alpha value is -1.16. The van der Waals surface area contributed by atoms with Crippen LogP contribution in [-0.2, 0) is 0 Å². The first kappa shape index (κ1) is 12.3. The molecule has 1 aromatic heterocycles. The molecule has 0 aromatic carbocycles. The van der Waals surface area contributed by atoms with Gasteiger partial charge in [0.1, 0.15) is 12.1 Å². The highest BCUT2D eigenvalue weighted by Gasteiger charge is 2.19. The minimum atomic E-state index is 0.833. The Bertz CT molecular complexity index is 306. The number of hydrogen-bond donors (Lipinski definition) is 1. The molecular formula is C13H22N4. The molecule has 0 unspecified atom stereocenters. The van der Waals surface area contributed by atoms with Crippen LogP contribution < -0.4 is 10.2 Å². The predicted molar refractivity (Wildman–Crippen MR) is 70.1 cm³/mol. The van der Waals surface area contributed by atoms with E-state index in [9.17, 15) is 0 Å². The van der Waals surface area contributed by atoms with Crippen LogP contribution in [0.25, 0.3) is 0 Å². The highest BCUT2D eigenvalue weighted by atomic mass is 15.2. The minimum absolute atomic E-state index is 0.833. The lowest BCUT2D eigenvalue weighted by atomic mass is 9.97. The van der Waals surface area contributed by atoms with Gasteiger partial charge in [0, 0.05) is 19.3 Å². The Morgan fingerprint density at radius 2 is 2.24 bits per heavy atom. The summed E-state index contributed by atoms with van der Waals surface area (Å²) in [6.07, 6.45) is 7.20. The van der Waals surface area contributed by atoms with E-state index in [4.69, 9.17) is 0 Å². The molecule has 0 amide bonds. The van der Waals surface area contributed by atoms with Crippen molar-refractivity contribution >= 4 is 5.82 Å². The maximum absolute atomic E-state index is 4.30. The van der Waals surface area contributed by atoms with Crippen LogP contribution in [0.3, 0.4) is 0 Å². The number of hydrogen-bond acceptors (Lipinski definition) is 4. The lowest BCUT2D eigenvalue weighted by molar-refractivity contribution is 0.382. The van der Waals surface area contributed by atoms with Crippen molar-refractivity contribution in [2.75, 3.05) is 31.1 Å². The zero-order valence-electron chi connectivity index (χ0n) is 10.6. The third kappa shape index (κ3) is 3.66. The van der Waals surface area contributed by atoms with Gasteiger partial charge in [-0.2, -0.15) is 0 Å². The van der Waals surface area contributed by atoms with E-state index in [-0.39, 0.29) is 0 Å². The van der Waals surface area contributed by atoms with Crippen LogP contribution >= 0.6 is 0 Å². The van der Waals surface area contributed by atoms with Crippen LogP contribution in [0.5, 0.6) is 0 Å². The fraction of sp³-hybridized carbons (Fsp3) is 0.692. The third-order valence-electron chi connectivity index (χ3n) is 3.36. The average molecular weight is 234 g/mol. The Labute approximate surface area is 103 Å². The zero-order chi connectivity index (χ0) is 11.9. The van der Waals surface area contributed by atoms with E-state index in [2.05, 4.69) is 27.1 Å². The van der Waals surface area contributed by atoms with Crippen molar-refractivity contribution in [2.24, 2.45) is 5.92 Å². The minimum Gasteiger partial charge on any atom is -0.357 e. The summed E-state index contributed by atoms with van der Waals surface area (Å²) >= 11 is 0. The number of nitrogens with zero attached hydrogens (tertiary/aromatic N) is 3. The third-order valence-corrected chi connectivity index (χ3v) is 3.36. The van der Waals surface area contributed by atoms with Crippen LogP contribution in [0.2, 0.25) is 0 Å². The quantitative estimate of drug-likeness (QED) is 0.787. The molecule has 94 valence electrons. The smallest absolute Gasteiger partial charge is 0.131 e. The number of anilines is 1. The molecule has 2 heterocycles. The second kappa shape index (κ2) is 6.55. The zero-order valence-corrected chi connectivity index (χ0v) is 10.6. The molecule has 4 heteroatoms. The van der Waals surface area contributed by atoms with Gasteiger partial charge in [0.2, 0.25) is 0 Å². The Morgan fingerprint density at radius 1 is 1.41 bits per heavy atom. The van der Waals surface area contributed by atoms with Gasteiger partial charge >= 0.3 is 0 Å². The molecule has 0 aliphatic carbocycles. The standard InChI is InChI=1S/C13H22N4/c1-2-6-14-10-12-4-8-17(9-5-12)13-3-7-15-11-16-13/h3,7,11-12,14H,2,4-6,8-10H2,1H3. The SMILES string of the molecule is CCCNCC1CCN(c2ccncn2)CC1. The lowest BCUT2D eigenvalue weighted by Gasteiger charge is -2.32. The summed E-state index contributed by atoms with van der Waals surface area (Å²) in [5.41, 5.74) is 0. The molecule has 0 spiro atoms. The molecule has 1 aromatic rings. The summed E-state index contributed by atoms with van der Waals surface area (Å²) in [7, 11) is 0. The fourth-order valence-corrected chi connectivity index (χ4v) is 2.32. The van der Waals surface area contributed by atoms with E-state index < -0.39 is 0 Å². The summed E-state index contributed by atoms with van der Waals surface area (Å²) in [4.78, 5) is 10.6. The largest absolute Gasteiger partial charge is 0.357 e. The molecule has 0 saturated carbocycles. The number of rotatable bonds is 5. The van der Waals surface area contributed by atoms with Crippen LogP contribution in [0, 0.1) is 5.92 Å². The van der Waals surface area contributed by atoms with E-state index in [1.807, 2.05) is 12.3 Å². The van der Waals surface area contributed by atoms with Crippen molar-refractivity contribution < 1.29 is 0 Å². The highest BCUT2D eigenvalue weighted by Crippen LogP contribution is 2.20. The molecular weight excluding hydrogens is 212 g/mol. The lowest BCUT2D eigenvalue weighted by Crippen LogP contribution is -2.37. The average Bonchev–Trinajstić information content (AvgIpc) is 2.41. The second-order valence-electron chi connectivity index (χ2n) is 4.70. The van der Waals surface area contributed by atoms with E-state index in [0.717, 1.165) is 31.4 Å². The van der Waals surface area contributed by atoms with Crippen LogP contribution in [0.1, 0.15) is 26.2 Å². The van der Waals surface area contributed by atoms with Gasteiger partial charge < -0.3 is 10.2 Å². The van der Waals surface area contributed by atoms with Gasteiger partial charge in [0.15, 0.2) is 0 Å². The van der Waals surface area contributed by atoms with Gasteiger partial charge in [-0.3, -0.25) is 0 Å². The molecule has 0 bridgehead atoms. The maximum atomic E-state index is 4.30. The Balaban J connectivity index is 1.74. The monoisotopic (exact) mass is 234 g/mol. The van der Waals surface area contributed by atoms with Gasteiger partial charge in [-0.05, 0) is 44.3 Å². The van der Waals surface area contributed by atoms with E-state index in [1.165, 1.54) is 25.8 Å².